The molecule has 6 rings (SSSR count). The second kappa shape index (κ2) is 7.91. The standard InChI is InChI=1S/C26H22N8O/c1-15-6-3-4-9-20(15)34-19(10-17-8-5-7-16(2)21(17)26(34)35)13-33-25-22(24(27)28-14-29-25)23(32-33)18-11-30-31-12-18/h3-12,14H,13H2,1-2H3,(H,30,31)(H2,27,28,29). The van der Waals surface area contributed by atoms with Crippen molar-refractivity contribution in [3.05, 3.63) is 94.4 Å². The van der Waals surface area contributed by atoms with Gasteiger partial charge in [0.2, 0.25) is 0 Å². The van der Waals surface area contributed by atoms with E-state index in [2.05, 4.69) is 20.2 Å². The number of nitrogens with zero attached hydrogens (tertiary/aromatic N) is 6. The van der Waals surface area contributed by atoms with E-state index in [1.165, 1.54) is 6.33 Å². The molecule has 0 aliphatic heterocycles. The molecule has 0 saturated carbocycles. The largest absolute Gasteiger partial charge is 0.383 e. The lowest BCUT2D eigenvalue weighted by Gasteiger charge is -2.17. The number of nitrogens with one attached hydrogen (secondary N) is 1. The summed E-state index contributed by atoms with van der Waals surface area (Å²) in [6.07, 6.45) is 4.86. The average molecular weight is 463 g/mol. The zero-order chi connectivity index (χ0) is 24.1. The molecule has 9 nitrogen and oxygen atoms in total. The highest BCUT2D eigenvalue weighted by Gasteiger charge is 2.20. The van der Waals surface area contributed by atoms with Crippen LogP contribution in [-0.2, 0) is 6.54 Å². The van der Waals surface area contributed by atoms with Crippen molar-refractivity contribution in [2.75, 3.05) is 5.73 Å². The molecule has 0 amide bonds. The predicted octanol–water partition coefficient (Wildman–Crippen LogP) is 3.77. The monoisotopic (exact) mass is 462 g/mol. The van der Waals surface area contributed by atoms with E-state index in [4.69, 9.17) is 10.8 Å². The summed E-state index contributed by atoms with van der Waals surface area (Å²) >= 11 is 0. The van der Waals surface area contributed by atoms with Crippen molar-refractivity contribution in [3.63, 3.8) is 0 Å². The molecule has 35 heavy (non-hydrogen) atoms. The van der Waals surface area contributed by atoms with Crippen LogP contribution in [0.3, 0.4) is 0 Å². The summed E-state index contributed by atoms with van der Waals surface area (Å²) in [5.41, 5.74) is 11.7. The van der Waals surface area contributed by atoms with Gasteiger partial charge in [-0.1, -0.05) is 36.4 Å². The van der Waals surface area contributed by atoms with Crippen LogP contribution in [0.25, 0.3) is 38.8 Å². The maximum absolute atomic E-state index is 13.9. The van der Waals surface area contributed by atoms with Gasteiger partial charge in [0, 0.05) is 17.5 Å². The maximum Gasteiger partial charge on any atom is 0.263 e. The molecule has 0 spiro atoms. The molecule has 0 aliphatic carbocycles. The number of benzene rings is 2. The van der Waals surface area contributed by atoms with Crippen molar-refractivity contribution in [2.24, 2.45) is 0 Å². The Labute approximate surface area is 199 Å². The molecule has 0 aliphatic rings. The first-order chi connectivity index (χ1) is 17.0. The molecule has 0 fully saturated rings. The van der Waals surface area contributed by atoms with E-state index in [-0.39, 0.29) is 5.56 Å². The van der Waals surface area contributed by atoms with Crippen LogP contribution in [0.5, 0.6) is 0 Å². The summed E-state index contributed by atoms with van der Waals surface area (Å²) in [7, 11) is 0. The molecule has 0 bridgehead atoms. The third-order valence-electron chi connectivity index (χ3n) is 6.33. The molecule has 2 aromatic carbocycles. The van der Waals surface area contributed by atoms with Gasteiger partial charge in [0.1, 0.15) is 17.8 Å². The SMILES string of the molecule is Cc1ccccc1-n1c(Cn2nc(-c3cn[nH]c3)c3c(N)ncnc32)cc2cccc(C)c2c1=O. The Hall–Kier alpha value is -4.79. The van der Waals surface area contributed by atoms with Crippen LogP contribution in [0.1, 0.15) is 16.8 Å². The van der Waals surface area contributed by atoms with Crippen LogP contribution in [0.4, 0.5) is 5.82 Å². The number of hydrogen-bond donors (Lipinski definition) is 2. The summed E-state index contributed by atoms with van der Waals surface area (Å²) in [6.45, 7) is 4.27. The number of para-hydroxylation sites is 1. The minimum atomic E-state index is -0.0643. The van der Waals surface area contributed by atoms with Gasteiger partial charge in [-0.15, -0.1) is 0 Å². The van der Waals surface area contributed by atoms with Gasteiger partial charge in [-0.2, -0.15) is 10.2 Å². The number of hydrogen-bond acceptors (Lipinski definition) is 6. The Balaban J connectivity index is 1.64. The van der Waals surface area contributed by atoms with Crippen molar-refractivity contribution in [1.29, 1.82) is 0 Å². The molecule has 4 aromatic heterocycles. The summed E-state index contributed by atoms with van der Waals surface area (Å²) in [5.74, 6) is 0.336. The van der Waals surface area contributed by atoms with Crippen molar-refractivity contribution in [1.82, 2.24) is 34.5 Å². The fourth-order valence-electron chi connectivity index (χ4n) is 4.66. The highest BCUT2D eigenvalue weighted by atomic mass is 16.1. The molecule has 172 valence electrons. The van der Waals surface area contributed by atoms with Crippen molar-refractivity contribution >= 4 is 27.6 Å². The van der Waals surface area contributed by atoms with Gasteiger partial charge in [0.05, 0.1) is 29.2 Å². The van der Waals surface area contributed by atoms with Gasteiger partial charge in [-0.25, -0.2) is 14.6 Å². The second-order valence-electron chi connectivity index (χ2n) is 8.55. The Bertz CT molecular complexity index is 1780. The maximum atomic E-state index is 13.9. The number of nitrogens with two attached hydrogens (primary N) is 1. The fourth-order valence-corrected chi connectivity index (χ4v) is 4.66. The first-order valence-corrected chi connectivity index (χ1v) is 11.2. The quantitative estimate of drug-likeness (QED) is 0.411. The van der Waals surface area contributed by atoms with E-state index in [1.807, 2.05) is 62.4 Å². The number of aromatic nitrogens is 7. The topological polar surface area (TPSA) is 120 Å². The normalized spacial score (nSPS) is 11.5. The van der Waals surface area contributed by atoms with Crippen LogP contribution in [0.2, 0.25) is 0 Å². The van der Waals surface area contributed by atoms with Crippen molar-refractivity contribution in [3.8, 4) is 16.9 Å². The fraction of sp³-hybridized carbons (Fsp3) is 0.115. The Morgan fingerprint density at radius 2 is 1.83 bits per heavy atom. The number of anilines is 1. The van der Waals surface area contributed by atoms with E-state index in [9.17, 15) is 4.79 Å². The van der Waals surface area contributed by atoms with E-state index < -0.39 is 0 Å². The number of rotatable bonds is 4. The highest BCUT2D eigenvalue weighted by molar-refractivity contribution is 5.98. The number of fused-ring (bicyclic) bond motifs is 2. The van der Waals surface area contributed by atoms with E-state index in [1.54, 1.807) is 21.6 Å². The van der Waals surface area contributed by atoms with Gasteiger partial charge in [-0.05, 0) is 42.5 Å². The lowest BCUT2D eigenvalue weighted by atomic mass is 10.1. The first kappa shape index (κ1) is 20.8. The second-order valence-corrected chi connectivity index (χ2v) is 8.55. The molecule has 4 heterocycles. The van der Waals surface area contributed by atoms with Crippen LogP contribution < -0.4 is 11.3 Å². The summed E-state index contributed by atoms with van der Waals surface area (Å²) in [4.78, 5) is 22.5. The van der Waals surface area contributed by atoms with Crippen LogP contribution in [-0.4, -0.2) is 34.5 Å². The Kier molecular flexibility index (Phi) is 4.70. The zero-order valence-corrected chi connectivity index (χ0v) is 19.2. The molecule has 3 N–H and O–H groups in total. The summed E-state index contributed by atoms with van der Waals surface area (Å²) in [5, 5.41) is 13.9. The Morgan fingerprint density at radius 1 is 1.00 bits per heavy atom. The number of H-pyrrole nitrogens is 1. The molecule has 9 heteroatoms. The molecule has 0 unspecified atom stereocenters. The van der Waals surface area contributed by atoms with Gasteiger partial charge >= 0.3 is 0 Å². The van der Waals surface area contributed by atoms with E-state index >= 15 is 0 Å². The molecule has 0 atom stereocenters. The summed E-state index contributed by atoms with van der Waals surface area (Å²) < 4.78 is 3.54. The average Bonchev–Trinajstić information content (AvgIpc) is 3.49. The molecular formula is C26H22N8O. The van der Waals surface area contributed by atoms with Crippen LogP contribution >= 0.6 is 0 Å². The van der Waals surface area contributed by atoms with E-state index in [0.717, 1.165) is 33.5 Å². The number of nitrogen functional groups attached to an aromatic ring is 1. The first-order valence-electron chi connectivity index (χ1n) is 11.2. The molecule has 6 aromatic rings. The lowest BCUT2D eigenvalue weighted by molar-refractivity contribution is 0.671. The minimum Gasteiger partial charge on any atom is -0.383 e. The van der Waals surface area contributed by atoms with Gasteiger partial charge in [-0.3, -0.25) is 14.5 Å². The Morgan fingerprint density at radius 3 is 2.63 bits per heavy atom. The third-order valence-corrected chi connectivity index (χ3v) is 6.33. The van der Waals surface area contributed by atoms with Crippen LogP contribution in [0.15, 0.2) is 72.0 Å². The van der Waals surface area contributed by atoms with E-state index in [0.29, 0.717) is 34.5 Å². The van der Waals surface area contributed by atoms with Gasteiger partial charge in [0.25, 0.3) is 5.56 Å². The predicted molar refractivity (Wildman–Crippen MR) is 135 cm³/mol. The number of aromatic amines is 1. The zero-order valence-electron chi connectivity index (χ0n) is 19.2. The minimum absolute atomic E-state index is 0.0643. The summed E-state index contributed by atoms with van der Waals surface area (Å²) in [6, 6.07) is 15.8. The molecule has 0 saturated heterocycles. The van der Waals surface area contributed by atoms with Crippen molar-refractivity contribution < 1.29 is 0 Å². The van der Waals surface area contributed by atoms with Gasteiger partial charge < -0.3 is 5.73 Å². The lowest BCUT2D eigenvalue weighted by Crippen LogP contribution is -2.25. The number of aryl methyl sites for hydroxylation is 2. The van der Waals surface area contributed by atoms with Crippen molar-refractivity contribution in [2.45, 2.75) is 20.4 Å². The smallest absolute Gasteiger partial charge is 0.263 e. The third kappa shape index (κ3) is 3.28. The molecule has 0 radical (unpaired) electrons. The number of pyridine rings is 1. The van der Waals surface area contributed by atoms with Gasteiger partial charge in [0.15, 0.2) is 5.65 Å². The van der Waals surface area contributed by atoms with Crippen LogP contribution in [0, 0.1) is 13.8 Å². The highest BCUT2D eigenvalue weighted by Crippen LogP contribution is 2.30. The molecular weight excluding hydrogens is 440 g/mol.